The van der Waals surface area contributed by atoms with E-state index >= 15 is 0 Å². The van der Waals surface area contributed by atoms with Crippen molar-refractivity contribution in [2.24, 2.45) is 0 Å². The average molecular weight is 406 g/mol. The molecule has 1 amide bonds. The van der Waals surface area contributed by atoms with Gasteiger partial charge >= 0.3 is 0 Å². The smallest absolute Gasteiger partial charge is 0.230 e. The fraction of sp³-hybridized carbons (Fsp3) is 0.444. The zero-order chi connectivity index (χ0) is 19.7. The molecule has 0 saturated heterocycles. The molecule has 2 aromatic rings. The molecule has 1 atom stereocenters. The summed E-state index contributed by atoms with van der Waals surface area (Å²) in [5.74, 6) is 1.67. The first-order valence-electron chi connectivity index (χ1n) is 9.09. The highest BCUT2D eigenvalue weighted by Crippen LogP contribution is 2.31. The minimum Gasteiger partial charge on any atom is -0.486 e. The molecule has 3 N–H and O–H groups in total. The molecule has 1 aliphatic heterocycles. The molecule has 0 fully saturated rings. The first kappa shape index (κ1) is 18.8. The maximum Gasteiger partial charge on any atom is 0.230 e. The van der Waals surface area contributed by atoms with E-state index in [0.29, 0.717) is 49.8 Å². The second-order valence-corrected chi connectivity index (χ2v) is 8.84. The molecule has 1 unspecified atom stereocenters. The number of nitrogens with one attached hydrogen (secondary N) is 3. The van der Waals surface area contributed by atoms with Gasteiger partial charge in [-0.05, 0) is 30.5 Å². The van der Waals surface area contributed by atoms with Crippen molar-refractivity contribution in [2.45, 2.75) is 31.7 Å². The van der Waals surface area contributed by atoms with Gasteiger partial charge in [0.15, 0.2) is 17.3 Å². The van der Waals surface area contributed by atoms with Gasteiger partial charge in [0.1, 0.15) is 13.2 Å². The lowest BCUT2D eigenvalue weighted by Crippen LogP contribution is -2.38. The average Bonchev–Trinajstić information content (AvgIpc) is 3.02. The van der Waals surface area contributed by atoms with Gasteiger partial charge in [-0.1, -0.05) is 6.07 Å². The van der Waals surface area contributed by atoms with Crippen molar-refractivity contribution in [2.75, 3.05) is 24.8 Å². The predicted octanol–water partition coefficient (Wildman–Crippen LogP) is 0.769. The van der Waals surface area contributed by atoms with Crippen molar-refractivity contribution >= 4 is 21.7 Å². The number of anilines is 1. The zero-order valence-corrected chi connectivity index (χ0v) is 16.3. The van der Waals surface area contributed by atoms with E-state index in [1.165, 1.54) is 0 Å². The van der Waals surface area contributed by atoms with E-state index in [1.54, 1.807) is 0 Å². The number of aromatic nitrogens is 2. The van der Waals surface area contributed by atoms with Crippen LogP contribution in [0.25, 0.3) is 0 Å². The molecular weight excluding hydrogens is 384 g/mol. The monoisotopic (exact) mass is 406 g/mol. The Morgan fingerprint density at radius 2 is 2.07 bits per heavy atom. The van der Waals surface area contributed by atoms with E-state index in [-0.39, 0.29) is 18.4 Å². The molecule has 0 bridgehead atoms. The predicted molar refractivity (Wildman–Crippen MR) is 102 cm³/mol. The molecular formula is C18H22N4O5S. The van der Waals surface area contributed by atoms with E-state index in [9.17, 15) is 13.2 Å². The highest BCUT2D eigenvalue weighted by Gasteiger charge is 2.26. The van der Waals surface area contributed by atoms with Crippen LogP contribution in [-0.4, -0.2) is 50.0 Å². The Hall–Kier alpha value is -2.59. The summed E-state index contributed by atoms with van der Waals surface area (Å²) in [7, 11) is -3.25. The number of ether oxygens (including phenoxy) is 2. The Bertz CT molecular complexity index is 1000. The minimum atomic E-state index is -3.25. The molecule has 2 heterocycles. The Morgan fingerprint density at radius 3 is 2.86 bits per heavy atom. The van der Waals surface area contributed by atoms with E-state index in [4.69, 9.17) is 9.47 Å². The number of sulfonamides is 1. The number of hydrogen-bond donors (Lipinski definition) is 3. The number of amides is 1. The van der Waals surface area contributed by atoms with Crippen molar-refractivity contribution in [3.63, 3.8) is 0 Å². The van der Waals surface area contributed by atoms with Gasteiger partial charge in [0.25, 0.3) is 0 Å². The summed E-state index contributed by atoms with van der Waals surface area (Å²) < 4.78 is 36.5. The molecule has 2 aliphatic rings. The Morgan fingerprint density at radius 1 is 1.29 bits per heavy atom. The Kier molecular flexibility index (Phi) is 4.98. The first-order chi connectivity index (χ1) is 13.4. The number of H-pyrrole nitrogens is 1. The summed E-state index contributed by atoms with van der Waals surface area (Å²) in [6.07, 6.45) is 3.16. The van der Waals surface area contributed by atoms with Crippen molar-refractivity contribution in [3.8, 4) is 11.5 Å². The van der Waals surface area contributed by atoms with Crippen molar-refractivity contribution in [1.29, 1.82) is 0 Å². The van der Waals surface area contributed by atoms with Gasteiger partial charge in [0.05, 0.1) is 12.7 Å². The molecule has 4 rings (SSSR count). The highest BCUT2D eigenvalue weighted by atomic mass is 32.2. The number of carbonyl (C=O) groups is 1. The number of rotatable bonds is 5. The molecule has 28 heavy (non-hydrogen) atoms. The van der Waals surface area contributed by atoms with Crippen LogP contribution in [-0.2, 0) is 34.1 Å². The van der Waals surface area contributed by atoms with E-state index in [1.807, 2.05) is 18.2 Å². The molecule has 0 saturated carbocycles. The fourth-order valence-electron chi connectivity index (χ4n) is 3.57. The lowest BCUT2D eigenvalue weighted by molar-refractivity contribution is -0.115. The van der Waals surface area contributed by atoms with Crippen LogP contribution in [0.4, 0.5) is 5.82 Å². The second kappa shape index (κ2) is 7.44. The molecule has 150 valence electrons. The molecule has 9 nitrogen and oxygen atoms in total. The van der Waals surface area contributed by atoms with Gasteiger partial charge in [0.2, 0.25) is 15.9 Å². The van der Waals surface area contributed by atoms with Crippen LogP contribution in [0.2, 0.25) is 0 Å². The van der Waals surface area contributed by atoms with Crippen LogP contribution in [0, 0.1) is 0 Å². The van der Waals surface area contributed by atoms with Crippen LogP contribution in [0.15, 0.2) is 18.2 Å². The first-order valence-corrected chi connectivity index (χ1v) is 11.0. The fourth-order valence-corrected chi connectivity index (χ4v) is 4.38. The summed E-state index contributed by atoms with van der Waals surface area (Å²) in [6.45, 7) is 1.02. The van der Waals surface area contributed by atoms with Gasteiger partial charge in [-0.3, -0.25) is 9.89 Å². The van der Waals surface area contributed by atoms with Gasteiger partial charge in [0, 0.05) is 23.7 Å². The van der Waals surface area contributed by atoms with Gasteiger partial charge in [-0.15, -0.1) is 0 Å². The summed E-state index contributed by atoms with van der Waals surface area (Å²) in [5, 5.41) is 9.97. The number of hydrogen-bond acceptors (Lipinski definition) is 6. The maximum atomic E-state index is 12.5. The number of aromatic amines is 1. The largest absolute Gasteiger partial charge is 0.486 e. The normalized spacial score (nSPS) is 18.4. The van der Waals surface area contributed by atoms with Gasteiger partial charge < -0.3 is 14.8 Å². The number of fused-ring (bicyclic) bond motifs is 2. The minimum absolute atomic E-state index is 0.163. The van der Waals surface area contributed by atoms with Crippen molar-refractivity contribution < 1.29 is 22.7 Å². The molecule has 1 aromatic carbocycles. The quantitative estimate of drug-likeness (QED) is 0.674. The van der Waals surface area contributed by atoms with Crippen molar-refractivity contribution in [3.05, 3.63) is 35.0 Å². The highest BCUT2D eigenvalue weighted by molar-refractivity contribution is 7.88. The number of carbonyl (C=O) groups excluding carboxylic acids is 1. The van der Waals surface area contributed by atoms with E-state index < -0.39 is 10.0 Å². The van der Waals surface area contributed by atoms with E-state index in [2.05, 4.69) is 20.2 Å². The zero-order valence-electron chi connectivity index (χ0n) is 15.4. The van der Waals surface area contributed by atoms with Crippen LogP contribution in [0.5, 0.6) is 11.5 Å². The summed E-state index contributed by atoms with van der Waals surface area (Å²) in [4.78, 5) is 12.5. The lowest BCUT2D eigenvalue weighted by atomic mass is 9.93. The van der Waals surface area contributed by atoms with Crippen LogP contribution < -0.4 is 19.5 Å². The third kappa shape index (κ3) is 4.28. The second-order valence-electron chi connectivity index (χ2n) is 7.06. The van der Waals surface area contributed by atoms with Crippen LogP contribution in [0.3, 0.4) is 0 Å². The molecule has 0 radical (unpaired) electrons. The molecule has 0 spiro atoms. The standard InChI is InChI=1S/C18H22N4O5S/c1-28(24,25)22-12-3-4-13-14(10-12)20-21-18(13)19-17(23)9-11-2-5-15-16(8-11)27-7-6-26-15/h2,5,8,12,22H,3-4,6-7,9-10H2,1H3,(H2,19,20,21,23). The summed E-state index contributed by atoms with van der Waals surface area (Å²) in [5.41, 5.74) is 2.60. The molecule has 1 aliphatic carbocycles. The molecule has 10 heteroatoms. The molecule has 1 aromatic heterocycles. The summed E-state index contributed by atoms with van der Waals surface area (Å²) >= 11 is 0. The van der Waals surface area contributed by atoms with Crippen molar-refractivity contribution in [1.82, 2.24) is 14.9 Å². The third-order valence-corrected chi connectivity index (χ3v) is 5.52. The number of nitrogens with zero attached hydrogens (tertiary/aromatic N) is 1. The lowest BCUT2D eigenvalue weighted by Gasteiger charge is -2.22. The topological polar surface area (TPSA) is 122 Å². The Balaban J connectivity index is 1.40. The Labute approximate surface area is 162 Å². The summed E-state index contributed by atoms with van der Waals surface area (Å²) in [6, 6.07) is 5.30. The SMILES string of the molecule is CS(=O)(=O)NC1CCc2c(NC(=O)Cc3ccc4c(c3)OCCO4)n[nH]c2C1. The van der Waals surface area contributed by atoms with E-state index in [0.717, 1.165) is 23.1 Å². The van der Waals surface area contributed by atoms with Gasteiger partial charge in [-0.2, -0.15) is 5.10 Å². The third-order valence-electron chi connectivity index (χ3n) is 4.76. The maximum absolute atomic E-state index is 12.5. The van der Waals surface area contributed by atoms with Gasteiger partial charge in [-0.25, -0.2) is 13.1 Å². The van der Waals surface area contributed by atoms with Crippen LogP contribution >= 0.6 is 0 Å². The number of benzene rings is 1. The van der Waals surface area contributed by atoms with Crippen LogP contribution in [0.1, 0.15) is 23.2 Å².